The molecule has 0 aliphatic carbocycles. The maximum atomic E-state index is 11.5. The first kappa shape index (κ1) is 14.2. The summed E-state index contributed by atoms with van der Waals surface area (Å²) in [6, 6.07) is -0.960. The van der Waals surface area contributed by atoms with Crippen LogP contribution in [-0.4, -0.2) is 38.2 Å². The lowest BCUT2D eigenvalue weighted by Gasteiger charge is -2.25. The molecule has 6 heteroatoms. The van der Waals surface area contributed by atoms with Crippen molar-refractivity contribution in [1.82, 2.24) is 14.7 Å². The molecule has 1 aromatic rings. The van der Waals surface area contributed by atoms with E-state index in [0.717, 1.165) is 13.0 Å². The summed E-state index contributed by atoms with van der Waals surface area (Å²) in [6.45, 7) is 6.23. The Kier molecular flexibility index (Phi) is 4.88. The van der Waals surface area contributed by atoms with Gasteiger partial charge in [-0.05, 0) is 13.3 Å². The molecule has 0 radical (unpaired) electrons. The Hall–Kier alpha value is -1.85. The number of amides is 1. The Bertz CT molecular complexity index is 428. The molecule has 1 N–H and O–H groups in total. The molecule has 1 atom stereocenters. The lowest BCUT2D eigenvalue weighted by Crippen LogP contribution is -2.37. The average Bonchev–Trinajstić information content (AvgIpc) is 2.73. The van der Waals surface area contributed by atoms with Crippen molar-refractivity contribution in [2.24, 2.45) is 0 Å². The molecule has 0 saturated carbocycles. The molecule has 18 heavy (non-hydrogen) atoms. The van der Waals surface area contributed by atoms with Crippen LogP contribution < -0.4 is 0 Å². The number of likely N-dealkylation sites (N-methyl/N-ethyl adjacent to an activating group) is 1. The fourth-order valence-electron chi connectivity index (χ4n) is 1.92. The second-order valence-electron chi connectivity index (χ2n) is 4.08. The van der Waals surface area contributed by atoms with Crippen molar-refractivity contribution in [3.63, 3.8) is 0 Å². The van der Waals surface area contributed by atoms with Gasteiger partial charge in [0.25, 0.3) is 0 Å². The van der Waals surface area contributed by atoms with E-state index < -0.39 is 12.0 Å². The van der Waals surface area contributed by atoms with Crippen LogP contribution in [0.1, 0.15) is 38.8 Å². The van der Waals surface area contributed by atoms with E-state index >= 15 is 0 Å². The summed E-state index contributed by atoms with van der Waals surface area (Å²) in [4.78, 5) is 24.1. The highest BCUT2D eigenvalue weighted by atomic mass is 16.4. The van der Waals surface area contributed by atoms with Crippen LogP contribution in [-0.2, 0) is 16.1 Å². The van der Waals surface area contributed by atoms with Crippen LogP contribution in [0.3, 0.4) is 0 Å². The molecule has 1 aromatic heterocycles. The third kappa shape index (κ3) is 3.09. The molecule has 0 saturated heterocycles. The van der Waals surface area contributed by atoms with Gasteiger partial charge in [-0.25, -0.2) is 4.79 Å². The van der Waals surface area contributed by atoms with E-state index in [9.17, 15) is 14.7 Å². The lowest BCUT2D eigenvalue weighted by molar-refractivity contribution is -0.149. The second kappa shape index (κ2) is 6.18. The molecule has 1 amide bonds. The highest BCUT2D eigenvalue weighted by Crippen LogP contribution is 2.20. The SMILES string of the molecule is CCCn1cc(C(C(=O)O)N(CC)C(C)=O)cn1. The molecule has 1 unspecified atom stereocenters. The van der Waals surface area contributed by atoms with Gasteiger partial charge in [-0.1, -0.05) is 6.92 Å². The Labute approximate surface area is 106 Å². The van der Waals surface area contributed by atoms with Crippen molar-refractivity contribution in [2.75, 3.05) is 6.54 Å². The highest BCUT2D eigenvalue weighted by Gasteiger charge is 2.29. The first-order chi connectivity index (χ1) is 8.51. The van der Waals surface area contributed by atoms with Crippen LogP contribution >= 0.6 is 0 Å². The van der Waals surface area contributed by atoms with Gasteiger partial charge in [0.15, 0.2) is 6.04 Å². The minimum absolute atomic E-state index is 0.256. The number of carbonyl (C=O) groups excluding carboxylic acids is 1. The Balaban J connectivity index is 3.03. The van der Waals surface area contributed by atoms with Crippen molar-refractivity contribution in [1.29, 1.82) is 0 Å². The van der Waals surface area contributed by atoms with Gasteiger partial charge in [-0.2, -0.15) is 5.10 Å². The minimum atomic E-state index is -1.04. The predicted molar refractivity (Wildman–Crippen MR) is 66.0 cm³/mol. The van der Waals surface area contributed by atoms with Crippen LogP contribution in [0.15, 0.2) is 12.4 Å². The molecule has 0 aromatic carbocycles. The van der Waals surface area contributed by atoms with Crippen molar-refractivity contribution in [3.05, 3.63) is 18.0 Å². The molecule has 1 rings (SSSR count). The average molecular weight is 253 g/mol. The standard InChI is InChI=1S/C12H19N3O3/c1-4-6-14-8-10(7-13-14)11(12(17)18)15(5-2)9(3)16/h7-8,11H,4-6H2,1-3H3,(H,17,18). The smallest absolute Gasteiger partial charge is 0.331 e. The maximum Gasteiger partial charge on any atom is 0.331 e. The van der Waals surface area contributed by atoms with Crippen molar-refractivity contribution < 1.29 is 14.7 Å². The van der Waals surface area contributed by atoms with Gasteiger partial charge < -0.3 is 10.0 Å². The third-order valence-corrected chi connectivity index (χ3v) is 2.71. The van der Waals surface area contributed by atoms with E-state index in [0.29, 0.717) is 12.1 Å². The molecule has 1 heterocycles. The van der Waals surface area contributed by atoms with Gasteiger partial charge in [-0.3, -0.25) is 9.48 Å². The van der Waals surface area contributed by atoms with E-state index in [2.05, 4.69) is 5.10 Å². The number of carbonyl (C=O) groups is 2. The van der Waals surface area contributed by atoms with Crippen LogP contribution in [0.4, 0.5) is 0 Å². The van der Waals surface area contributed by atoms with Gasteiger partial charge in [0.2, 0.25) is 5.91 Å². The molecular formula is C12H19N3O3. The summed E-state index contributed by atoms with van der Waals surface area (Å²) in [5, 5.41) is 13.4. The number of aromatic nitrogens is 2. The van der Waals surface area contributed by atoms with Crippen LogP contribution in [0, 0.1) is 0 Å². The van der Waals surface area contributed by atoms with E-state index in [1.807, 2.05) is 6.92 Å². The molecule has 0 bridgehead atoms. The van der Waals surface area contributed by atoms with E-state index in [-0.39, 0.29) is 5.91 Å². The Morgan fingerprint density at radius 1 is 1.50 bits per heavy atom. The molecule has 0 aliphatic heterocycles. The largest absolute Gasteiger partial charge is 0.479 e. The molecular weight excluding hydrogens is 234 g/mol. The van der Waals surface area contributed by atoms with E-state index in [1.165, 1.54) is 18.0 Å². The van der Waals surface area contributed by atoms with E-state index in [4.69, 9.17) is 0 Å². The minimum Gasteiger partial charge on any atom is -0.479 e. The number of nitrogens with zero attached hydrogens (tertiary/aromatic N) is 3. The maximum absolute atomic E-state index is 11.5. The fraction of sp³-hybridized carbons (Fsp3) is 0.583. The van der Waals surface area contributed by atoms with E-state index in [1.54, 1.807) is 17.8 Å². The highest BCUT2D eigenvalue weighted by molar-refractivity contribution is 5.83. The lowest BCUT2D eigenvalue weighted by atomic mass is 10.1. The number of aliphatic carboxylic acids is 1. The number of rotatable bonds is 6. The molecule has 0 fully saturated rings. The predicted octanol–water partition coefficient (Wildman–Crippen LogP) is 1.29. The first-order valence-corrected chi connectivity index (χ1v) is 6.03. The van der Waals surface area contributed by atoms with Crippen molar-refractivity contribution in [2.45, 2.75) is 39.8 Å². The summed E-state index contributed by atoms with van der Waals surface area (Å²) in [5.41, 5.74) is 0.535. The van der Waals surface area contributed by atoms with Gasteiger partial charge in [0.1, 0.15) is 0 Å². The van der Waals surface area contributed by atoms with Crippen LogP contribution in [0.25, 0.3) is 0 Å². The summed E-state index contributed by atoms with van der Waals surface area (Å²) in [7, 11) is 0. The third-order valence-electron chi connectivity index (χ3n) is 2.71. The number of carboxylic acids is 1. The zero-order chi connectivity index (χ0) is 13.7. The number of carboxylic acid groups (broad SMARTS) is 1. The second-order valence-corrected chi connectivity index (χ2v) is 4.08. The van der Waals surface area contributed by atoms with Crippen LogP contribution in [0.2, 0.25) is 0 Å². The molecule has 6 nitrogen and oxygen atoms in total. The summed E-state index contributed by atoms with van der Waals surface area (Å²) in [5.74, 6) is -1.30. The summed E-state index contributed by atoms with van der Waals surface area (Å²) >= 11 is 0. The molecule has 100 valence electrons. The topological polar surface area (TPSA) is 75.4 Å². The van der Waals surface area contributed by atoms with Crippen LogP contribution in [0.5, 0.6) is 0 Å². The zero-order valence-corrected chi connectivity index (χ0v) is 11.0. The number of hydrogen-bond acceptors (Lipinski definition) is 3. The normalized spacial score (nSPS) is 12.2. The summed E-state index contributed by atoms with van der Waals surface area (Å²) < 4.78 is 1.69. The molecule has 0 spiro atoms. The zero-order valence-electron chi connectivity index (χ0n) is 11.0. The quantitative estimate of drug-likeness (QED) is 0.828. The van der Waals surface area contributed by atoms with Gasteiger partial charge in [0, 0.05) is 31.8 Å². The van der Waals surface area contributed by atoms with Crippen molar-refractivity contribution >= 4 is 11.9 Å². The van der Waals surface area contributed by atoms with Gasteiger partial charge >= 0.3 is 5.97 Å². The summed E-state index contributed by atoms with van der Waals surface area (Å²) in [6.07, 6.45) is 4.12. The van der Waals surface area contributed by atoms with Gasteiger partial charge in [0.05, 0.1) is 6.20 Å². The Morgan fingerprint density at radius 2 is 2.17 bits per heavy atom. The molecule has 0 aliphatic rings. The Morgan fingerprint density at radius 3 is 2.61 bits per heavy atom. The van der Waals surface area contributed by atoms with Gasteiger partial charge in [-0.15, -0.1) is 0 Å². The fourth-order valence-corrected chi connectivity index (χ4v) is 1.92. The number of hydrogen-bond donors (Lipinski definition) is 1. The van der Waals surface area contributed by atoms with Crippen molar-refractivity contribution in [3.8, 4) is 0 Å². The monoisotopic (exact) mass is 253 g/mol. The first-order valence-electron chi connectivity index (χ1n) is 6.03. The number of aryl methyl sites for hydroxylation is 1.